The Morgan fingerprint density at radius 3 is 3.00 bits per heavy atom. The first kappa shape index (κ1) is 13.6. The summed E-state index contributed by atoms with van der Waals surface area (Å²) < 4.78 is 0.616. The average molecular weight is 336 g/mol. The highest BCUT2D eigenvalue weighted by molar-refractivity contribution is 9.10. The zero-order chi connectivity index (χ0) is 14.5. The molecule has 0 fully saturated rings. The molecular formula is C10H6BrN7O2. The molecule has 0 unspecified atom stereocenters. The van der Waals surface area contributed by atoms with Gasteiger partial charge in [-0.25, -0.2) is 0 Å². The van der Waals surface area contributed by atoms with Crippen LogP contribution in [0.15, 0.2) is 28.9 Å². The molecule has 20 heavy (non-hydrogen) atoms. The molecule has 2 rings (SSSR count). The number of nitriles is 1. The number of nitrogens with one attached hydrogen (secondary N) is 2. The Morgan fingerprint density at radius 1 is 1.60 bits per heavy atom. The maximum absolute atomic E-state index is 10.7. The molecule has 10 heteroatoms. The standard InChI is InChI=1S/C10H6BrN7O2/c11-8-2-1-7(18(19)20)3-9(8)13-5-6(4-12)10-14-16-17-15-10/h1-3,5,13H,(H,14,15,16,17). The smallest absolute Gasteiger partial charge is 0.271 e. The number of anilines is 1. The number of nitrogens with zero attached hydrogens (tertiary/aromatic N) is 5. The van der Waals surface area contributed by atoms with Gasteiger partial charge in [-0.05, 0) is 27.2 Å². The topological polar surface area (TPSA) is 133 Å². The molecule has 0 amide bonds. The first-order valence-electron chi connectivity index (χ1n) is 5.16. The van der Waals surface area contributed by atoms with E-state index in [1.807, 2.05) is 6.07 Å². The Bertz CT molecular complexity index is 705. The van der Waals surface area contributed by atoms with E-state index in [9.17, 15) is 10.1 Å². The molecule has 1 aromatic heterocycles. The van der Waals surface area contributed by atoms with Gasteiger partial charge in [-0.2, -0.15) is 10.5 Å². The molecule has 0 spiro atoms. The lowest BCUT2D eigenvalue weighted by Crippen LogP contribution is -1.95. The number of nitro groups is 1. The minimum Gasteiger partial charge on any atom is -0.359 e. The van der Waals surface area contributed by atoms with Crippen molar-refractivity contribution in [2.24, 2.45) is 0 Å². The van der Waals surface area contributed by atoms with Crippen LogP contribution in [0.4, 0.5) is 11.4 Å². The molecule has 0 radical (unpaired) electrons. The van der Waals surface area contributed by atoms with Gasteiger partial charge in [0.25, 0.3) is 5.69 Å². The number of aromatic amines is 1. The summed E-state index contributed by atoms with van der Waals surface area (Å²) in [4.78, 5) is 10.2. The summed E-state index contributed by atoms with van der Waals surface area (Å²) in [5, 5.41) is 35.4. The lowest BCUT2D eigenvalue weighted by molar-refractivity contribution is -0.384. The molecule has 0 saturated carbocycles. The lowest BCUT2D eigenvalue weighted by atomic mass is 10.2. The van der Waals surface area contributed by atoms with Crippen LogP contribution in [0.3, 0.4) is 0 Å². The van der Waals surface area contributed by atoms with Crippen LogP contribution in [-0.4, -0.2) is 25.5 Å². The number of rotatable bonds is 4. The van der Waals surface area contributed by atoms with Gasteiger partial charge in [-0.1, -0.05) is 0 Å². The van der Waals surface area contributed by atoms with Crippen molar-refractivity contribution in [1.82, 2.24) is 20.6 Å². The number of tetrazole rings is 1. The van der Waals surface area contributed by atoms with Crippen molar-refractivity contribution in [3.63, 3.8) is 0 Å². The number of benzene rings is 1. The number of hydrogen-bond donors (Lipinski definition) is 2. The van der Waals surface area contributed by atoms with Gasteiger partial charge < -0.3 is 5.32 Å². The second-order valence-electron chi connectivity index (χ2n) is 3.47. The summed E-state index contributed by atoms with van der Waals surface area (Å²) >= 11 is 3.25. The normalized spacial score (nSPS) is 10.9. The second kappa shape index (κ2) is 5.89. The summed E-state index contributed by atoms with van der Waals surface area (Å²) in [5.74, 6) is 0.126. The van der Waals surface area contributed by atoms with E-state index in [0.717, 1.165) is 0 Å². The van der Waals surface area contributed by atoms with Gasteiger partial charge in [-0.15, -0.1) is 10.2 Å². The summed E-state index contributed by atoms with van der Waals surface area (Å²) in [5.41, 5.74) is 0.509. The zero-order valence-corrected chi connectivity index (χ0v) is 11.3. The third-order valence-electron chi connectivity index (χ3n) is 2.24. The van der Waals surface area contributed by atoms with Crippen LogP contribution in [0, 0.1) is 21.4 Å². The number of aromatic nitrogens is 4. The Kier molecular flexibility index (Phi) is 4.02. The summed E-state index contributed by atoms with van der Waals surface area (Å²) in [6.45, 7) is 0. The molecule has 0 aliphatic heterocycles. The van der Waals surface area contributed by atoms with E-state index in [4.69, 9.17) is 5.26 Å². The molecule has 0 saturated heterocycles. The molecule has 1 heterocycles. The Morgan fingerprint density at radius 2 is 2.40 bits per heavy atom. The monoisotopic (exact) mass is 335 g/mol. The fourth-order valence-electron chi connectivity index (χ4n) is 1.31. The van der Waals surface area contributed by atoms with Crippen molar-refractivity contribution in [3.8, 4) is 6.07 Å². The van der Waals surface area contributed by atoms with Crippen LogP contribution in [0.25, 0.3) is 5.57 Å². The number of halogens is 1. The first-order valence-corrected chi connectivity index (χ1v) is 5.95. The van der Waals surface area contributed by atoms with E-state index in [1.165, 1.54) is 24.4 Å². The van der Waals surface area contributed by atoms with Crippen LogP contribution in [-0.2, 0) is 0 Å². The number of nitro benzene ring substituents is 1. The molecule has 0 atom stereocenters. The Balaban J connectivity index is 2.28. The van der Waals surface area contributed by atoms with Gasteiger partial charge in [0.1, 0.15) is 11.6 Å². The van der Waals surface area contributed by atoms with Gasteiger partial charge in [0, 0.05) is 22.8 Å². The van der Waals surface area contributed by atoms with E-state index in [1.54, 1.807) is 0 Å². The van der Waals surface area contributed by atoms with E-state index in [0.29, 0.717) is 10.2 Å². The van der Waals surface area contributed by atoms with E-state index in [2.05, 4.69) is 41.9 Å². The fourth-order valence-corrected chi connectivity index (χ4v) is 1.67. The lowest BCUT2D eigenvalue weighted by Gasteiger charge is -2.04. The van der Waals surface area contributed by atoms with Crippen molar-refractivity contribution in [2.75, 3.05) is 5.32 Å². The van der Waals surface area contributed by atoms with E-state index in [-0.39, 0.29) is 17.1 Å². The van der Waals surface area contributed by atoms with Crippen molar-refractivity contribution in [3.05, 3.63) is 44.8 Å². The average Bonchev–Trinajstić information content (AvgIpc) is 2.95. The minimum atomic E-state index is -0.508. The van der Waals surface area contributed by atoms with Crippen LogP contribution in [0.2, 0.25) is 0 Å². The predicted octanol–water partition coefficient (Wildman–Crippen LogP) is 1.85. The fraction of sp³-hybridized carbons (Fsp3) is 0. The third kappa shape index (κ3) is 2.96. The van der Waals surface area contributed by atoms with Crippen LogP contribution in [0.5, 0.6) is 0 Å². The molecule has 0 aliphatic rings. The van der Waals surface area contributed by atoms with Gasteiger partial charge in [0.15, 0.2) is 0 Å². The maximum Gasteiger partial charge on any atom is 0.271 e. The molecule has 9 nitrogen and oxygen atoms in total. The maximum atomic E-state index is 10.7. The van der Waals surface area contributed by atoms with Gasteiger partial charge in [0.2, 0.25) is 5.82 Å². The minimum absolute atomic E-state index is 0.0674. The van der Waals surface area contributed by atoms with Crippen LogP contribution >= 0.6 is 15.9 Å². The summed E-state index contributed by atoms with van der Waals surface area (Å²) in [6.07, 6.45) is 1.34. The van der Waals surface area contributed by atoms with Crippen LogP contribution in [0.1, 0.15) is 5.82 Å². The second-order valence-corrected chi connectivity index (χ2v) is 4.33. The van der Waals surface area contributed by atoms with Crippen molar-refractivity contribution in [1.29, 1.82) is 5.26 Å². The highest BCUT2D eigenvalue weighted by atomic mass is 79.9. The Labute approximate surface area is 120 Å². The molecule has 1 aromatic carbocycles. The third-order valence-corrected chi connectivity index (χ3v) is 2.93. The Hall–Kier alpha value is -2.80. The zero-order valence-electron chi connectivity index (χ0n) is 9.74. The van der Waals surface area contributed by atoms with Crippen molar-refractivity contribution >= 4 is 32.9 Å². The van der Waals surface area contributed by atoms with Gasteiger partial charge >= 0.3 is 0 Å². The van der Waals surface area contributed by atoms with E-state index < -0.39 is 4.92 Å². The quantitative estimate of drug-likeness (QED) is 0.494. The van der Waals surface area contributed by atoms with Gasteiger partial charge in [-0.3, -0.25) is 10.1 Å². The van der Waals surface area contributed by atoms with Crippen molar-refractivity contribution < 1.29 is 4.92 Å². The molecule has 100 valence electrons. The highest BCUT2D eigenvalue weighted by Crippen LogP contribution is 2.27. The summed E-state index contributed by atoms with van der Waals surface area (Å²) in [6, 6.07) is 6.14. The van der Waals surface area contributed by atoms with Crippen molar-refractivity contribution in [2.45, 2.75) is 0 Å². The largest absolute Gasteiger partial charge is 0.359 e. The number of allylic oxidation sites excluding steroid dienone is 1. The van der Waals surface area contributed by atoms with Gasteiger partial charge in [0.05, 0.1) is 10.6 Å². The molecule has 0 aliphatic carbocycles. The number of H-pyrrole nitrogens is 1. The number of hydrogen-bond acceptors (Lipinski definition) is 7. The molecule has 2 aromatic rings. The summed E-state index contributed by atoms with van der Waals surface area (Å²) in [7, 11) is 0. The van der Waals surface area contributed by atoms with E-state index >= 15 is 0 Å². The SMILES string of the molecule is N#CC(=CNc1cc([N+](=O)[O-])ccc1Br)c1nn[nH]n1. The predicted molar refractivity (Wildman–Crippen MR) is 72.2 cm³/mol. The molecule has 0 bridgehead atoms. The molecule has 2 N–H and O–H groups in total. The highest BCUT2D eigenvalue weighted by Gasteiger charge is 2.10. The number of non-ortho nitro benzene ring substituents is 1. The molecular weight excluding hydrogens is 330 g/mol. The first-order chi connectivity index (χ1) is 9.61. The van der Waals surface area contributed by atoms with Crippen LogP contribution < -0.4 is 5.32 Å².